The normalized spacial score (nSPS) is 15.5. The number of carbonyl (C=O) groups excluding carboxylic acids is 4. The van der Waals surface area contributed by atoms with E-state index in [-0.39, 0.29) is 11.8 Å². The molecule has 0 saturated carbocycles. The van der Waals surface area contributed by atoms with Crippen LogP contribution in [0, 0.1) is 0 Å². The van der Waals surface area contributed by atoms with E-state index in [9.17, 15) is 19.2 Å². The van der Waals surface area contributed by atoms with Crippen LogP contribution in [0.25, 0.3) is 11.4 Å². The molecule has 190 valence electrons. The van der Waals surface area contributed by atoms with Crippen molar-refractivity contribution >= 4 is 58.5 Å². The van der Waals surface area contributed by atoms with Crippen molar-refractivity contribution < 1.29 is 19.2 Å². The van der Waals surface area contributed by atoms with Crippen LogP contribution in [-0.2, 0) is 9.59 Å². The summed E-state index contributed by atoms with van der Waals surface area (Å²) in [6.07, 6.45) is 9.65. The minimum absolute atomic E-state index is 0.169. The molecular weight excluding hydrogens is 492 g/mol. The number of nitrogens with zero attached hydrogens (tertiary/aromatic N) is 2. The van der Waals surface area contributed by atoms with Crippen LogP contribution >= 0.6 is 22.7 Å². The summed E-state index contributed by atoms with van der Waals surface area (Å²) in [5.41, 5.74) is 2.10. The first-order chi connectivity index (χ1) is 17.5. The number of carbonyl (C=O) groups is 4. The fraction of sp³-hybridized carbons (Fsp3) is 0.429. The maximum atomic E-state index is 14.0. The summed E-state index contributed by atoms with van der Waals surface area (Å²) < 4.78 is 0. The highest BCUT2D eigenvalue weighted by Gasteiger charge is 2.49. The van der Waals surface area contributed by atoms with Crippen molar-refractivity contribution in [2.75, 3.05) is 13.1 Å². The second kappa shape index (κ2) is 11.9. The fourth-order valence-electron chi connectivity index (χ4n) is 4.82. The van der Waals surface area contributed by atoms with E-state index in [0.29, 0.717) is 45.4 Å². The van der Waals surface area contributed by atoms with Crippen LogP contribution in [0.15, 0.2) is 35.4 Å². The number of fused-ring (bicyclic) bond motifs is 1. The highest BCUT2D eigenvalue weighted by molar-refractivity contribution is 7.15. The van der Waals surface area contributed by atoms with Crippen molar-refractivity contribution in [3.05, 3.63) is 54.9 Å². The Kier molecular flexibility index (Phi) is 8.69. The Morgan fingerprint density at radius 3 is 1.39 bits per heavy atom. The third-order valence-corrected chi connectivity index (χ3v) is 8.64. The molecule has 8 heteroatoms. The lowest BCUT2D eigenvalue weighted by Crippen LogP contribution is -2.30. The number of unbranched alkanes of at least 4 members (excludes halogenated alkanes) is 6. The monoisotopic (exact) mass is 524 g/mol. The van der Waals surface area contributed by atoms with Gasteiger partial charge in [-0.25, -0.2) is 0 Å². The van der Waals surface area contributed by atoms with Gasteiger partial charge < -0.3 is 9.80 Å². The van der Waals surface area contributed by atoms with Gasteiger partial charge in [0, 0.05) is 13.1 Å². The third kappa shape index (κ3) is 5.02. The Balaban J connectivity index is 1.83. The average molecular weight is 525 g/mol. The Hall–Kier alpha value is -2.84. The lowest BCUT2D eigenvalue weighted by atomic mass is 10.1. The molecule has 0 atom stereocenters. The molecule has 36 heavy (non-hydrogen) atoms. The Morgan fingerprint density at radius 2 is 1.06 bits per heavy atom. The first kappa shape index (κ1) is 26.2. The van der Waals surface area contributed by atoms with Crippen LogP contribution in [0.2, 0.25) is 0 Å². The molecule has 0 aromatic carbocycles. The predicted octanol–water partition coefficient (Wildman–Crippen LogP) is 6.40. The number of thiophene rings is 2. The smallest absolute Gasteiger partial charge is 0.261 e. The lowest BCUT2D eigenvalue weighted by Gasteiger charge is -2.24. The predicted molar refractivity (Wildman–Crippen MR) is 145 cm³/mol. The van der Waals surface area contributed by atoms with E-state index < -0.39 is 0 Å². The van der Waals surface area contributed by atoms with Gasteiger partial charge in [0.05, 0.1) is 42.0 Å². The second-order valence-corrected chi connectivity index (χ2v) is 11.4. The molecule has 2 aromatic rings. The molecule has 0 aliphatic carbocycles. The van der Waals surface area contributed by atoms with Crippen LogP contribution < -0.4 is 0 Å². The number of hydrogen-bond acceptors (Lipinski definition) is 6. The zero-order valence-electron chi connectivity index (χ0n) is 20.9. The minimum Gasteiger partial charge on any atom is -0.306 e. The molecule has 0 N–H and O–H groups in total. The van der Waals surface area contributed by atoms with E-state index in [1.165, 1.54) is 22.7 Å². The molecule has 0 unspecified atom stereocenters. The van der Waals surface area contributed by atoms with Crippen molar-refractivity contribution in [1.82, 2.24) is 9.80 Å². The molecule has 2 aromatic heterocycles. The summed E-state index contributed by atoms with van der Waals surface area (Å²) in [7, 11) is 0. The van der Waals surface area contributed by atoms with Crippen molar-refractivity contribution in [2.24, 2.45) is 0 Å². The Bertz CT molecular complexity index is 1130. The number of hydrogen-bond donors (Lipinski definition) is 0. The third-order valence-electron chi connectivity index (χ3n) is 6.60. The molecule has 2 aliphatic heterocycles. The summed E-state index contributed by atoms with van der Waals surface area (Å²) in [4.78, 5) is 56.8. The Morgan fingerprint density at radius 1 is 0.639 bits per heavy atom. The summed E-state index contributed by atoms with van der Waals surface area (Å²) in [5.74, 6) is -0.337. The van der Waals surface area contributed by atoms with E-state index in [2.05, 4.69) is 13.8 Å². The van der Waals surface area contributed by atoms with Crippen LogP contribution in [0.3, 0.4) is 0 Å². The van der Waals surface area contributed by atoms with Gasteiger partial charge in [-0.15, -0.1) is 22.7 Å². The van der Waals surface area contributed by atoms with E-state index in [1.807, 2.05) is 12.1 Å². The molecule has 0 radical (unpaired) electrons. The standard InChI is InChI=1S/C28H32N2O4S2/c1-3-5-7-9-15-29-25(21-13-11-19(17-31)35-21)23-24(27(29)33)26(22-14-12-20(18-32)36-22)30(28(23)34)16-10-8-6-4-2/h11-14,17-18H,3-10,15-16H2,1-2H3. The van der Waals surface area contributed by atoms with E-state index in [1.54, 1.807) is 21.9 Å². The molecule has 4 heterocycles. The molecule has 6 nitrogen and oxygen atoms in total. The zero-order chi connectivity index (χ0) is 25.7. The van der Waals surface area contributed by atoms with E-state index >= 15 is 0 Å². The molecule has 0 bridgehead atoms. The van der Waals surface area contributed by atoms with Gasteiger partial charge in [-0.3, -0.25) is 19.2 Å². The lowest BCUT2D eigenvalue weighted by molar-refractivity contribution is -0.124. The van der Waals surface area contributed by atoms with Crippen LogP contribution in [0.4, 0.5) is 0 Å². The molecule has 4 rings (SSSR count). The average Bonchev–Trinajstić information content (AvgIpc) is 3.65. The van der Waals surface area contributed by atoms with Gasteiger partial charge in [-0.05, 0) is 37.1 Å². The minimum atomic E-state index is -0.169. The summed E-state index contributed by atoms with van der Waals surface area (Å²) in [5, 5.41) is 0. The fourth-order valence-corrected chi connectivity index (χ4v) is 6.58. The zero-order valence-corrected chi connectivity index (χ0v) is 22.5. The van der Waals surface area contributed by atoms with Gasteiger partial charge in [-0.1, -0.05) is 52.4 Å². The Labute approximate surface area is 220 Å². The summed E-state index contributed by atoms with van der Waals surface area (Å²) >= 11 is 2.61. The van der Waals surface area contributed by atoms with Crippen molar-refractivity contribution in [3.8, 4) is 0 Å². The number of amides is 2. The van der Waals surface area contributed by atoms with Crippen molar-refractivity contribution in [1.29, 1.82) is 0 Å². The summed E-state index contributed by atoms with van der Waals surface area (Å²) in [6.45, 7) is 5.34. The van der Waals surface area contributed by atoms with E-state index in [0.717, 1.165) is 73.7 Å². The van der Waals surface area contributed by atoms with Gasteiger partial charge in [0.25, 0.3) is 11.8 Å². The highest BCUT2D eigenvalue weighted by Crippen LogP contribution is 2.48. The van der Waals surface area contributed by atoms with Gasteiger partial charge in [0.15, 0.2) is 12.6 Å². The second-order valence-electron chi connectivity index (χ2n) is 9.12. The van der Waals surface area contributed by atoms with Gasteiger partial charge in [0.2, 0.25) is 0 Å². The maximum absolute atomic E-state index is 14.0. The van der Waals surface area contributed by atoms with Crippen LogP contribution in [0.1, 0.15) is 94.3 Å². The molecule has 0 spiro atoms. The van der Waals surface area contributed by atoms with Crippen molar-refractivity contribution in [3.63, 3.8) is 0 Å². The van der Waals surface area contributed by atoms with Gasteiger partial charge in [0.1, 0.15) is 0 Å². The van der Waals surface area contributed by atoms with Crippen molar-refractivity contribution in [2.45, 2.75) is 65.2 Å². The largest absolute Gasteiger partial charge is 0.306 e. The van der Waals surface area contributed by atoms with E-state index in [4.69, 9.17) is 0 Å². The molecule has 2 amide bonds. The number of rotatable bonds is 14. The highest BCUT2D eigenvalue weighted by atomic mass is 32.1. The number of aldehydes is 2. The van der Waals surface area contributed by atoms with Gasteiger partial charge in [-0.2, -0.15) is 0 Å². The maximum Gasteiger partial charge on any atom is 0.261 e. The topological polar surface area (TPSA) is 74.8 Å². The summed E-state index contributed by atoms with van der Waals surface area (Å²) in [6, 6.07) is 7.14. The van der Waals surface area contributed by atoms with Gasteiger partial charge >= 0.3 is 0 Å². The van der Waals surface area contributed by atoms with Crippen LogP contribution in [-0.4, -0.2) is 47.3 Å². The SMILES string of the molecule is CCCCCCN1C(=O)C2=C(c3ccc(C=O)s3)N(CCCCCC)C(=O)C2=C1c1ccc(C=O)s1. The molecule has 0 saturated heterocycles. The molecule has 2 aliphatic rings. The first-order valence-corrected chi connectivity index (χ1v) is 14.4. The molecular formula is C28H32N2O4S2. The quantitative estimate of drug-likeness (QED) is 0.212. The molecule has 0 fully saturated rings. The van der Waals surface area contributed by atoms with Crippen LogP contribution in [0.5, 0.6) is 0 Å². The first-order valence-electron chi connectivity index (χ1n) is 12.8.